The number of nitrogens with one attached hydrogen (secondary N) is 1. The Hall–Kier alpha value is -3.13. The Kier molecular flexibility index (Phi) is 5.79. The Morgan fingerprint density at radius 3 is 2.57 bits per heavy atom. The maximum absolute atomic E-state index is 14.1. The molecule has 1 heterocycles. The molecule has 28 heavy (non-hydrogen) atoms. The van der Waals surface area contributed by atoms with Gasteiger partial charge >= 0.3 is 0 Å². The third-order valence-electron chi connectivity index (χ3n) is 4.10. The first-order valence-corrected chi connectivity index (χ1v) is 9.27. The largest absolute Gasteiger partial charge is 0.497 e. The van der Waals surface area contributed by atoms with Gasteiger partial charge in [0.05, 0.1) is 25.6 Å². The number of ether oxygens (including phenoxy) is 2. The van der Waals surface area contributed by atoms with E-state index in [1.165, 1.54) is 17.4 Å². The molecule has 0 atom stereocenters. The summed E-state index contributed by atoms with van der Waals surface area (Å²) in [7, 11) is 6.63. The lowest BCUT2D eigenvalue weighted by atomic mass is 10.1. The SMILES string of the molecule is COc1ccc(OC)c(-c2csc(NC(=O)c3ccc(N(C)C)c(F)c3)n2)c1. The Morgan fingerprint density at radius 2 is 1.93 bits per heavy atom. The van der Waals surface area contributed by atoms with E-state index in [2.05, 4.69) is 10.3 Å². The number of hydrogen-bond donors (Lipinski definition) is 1. The first-order chi connectivity index (χ1) is 13.4. The molecule has 2 aromatic carbocycles. The van der Waals surface area contributed by atoms with Crippen molar-refractivity contribution in [3.63, 3.8) is 0 Å². The van der Waals surface area contributed by atoms with Gasteiger partial charge in [-0.25, -0.2) is 9.37 Å². The maximum Gasteiger partial charge on any atom is 0.257 e. The van der Waals surface area contributed by atoms with Crippen LogP contribution in [0.1, 0.15) is 10.4 Å². The van der Waals surface area contributed by atoms with Crippen LogP contribution in [0.3, 0.4) is 0 Å². The van der Waals surface area contributed by atoms with E-state index in [0.717, 1.165) is 5.56 Å². The van der Waals surface area contributed by atoms with E-state index in [4.69, 9.17) is 9.47 Å². The zero-order valence-electron chi connectivity index (χ0n) is 15.9. The number of nitrogens with zero attached hydrogens (tertiary/aromatic N) is 2. The number of carbonyl (C=O) groups excluding carboxylic acids is 1. The second-order valence-corrected chi connectivity index (χ2v) is 6.98. The highest BCUT2D eigenvalue weighted by molar-refractivity contribution is 7.14. The van der Waals surface area contributed by atoms with Crippen molar-refractivity contribution in [2.45, 2.75) is 0 Å². The molecule has 0 bridgehead atoms. The Labute approximate surface area is 166 Å². The zero-order chi connectivity index (χ0) is 20.3. The van der Waals surface area contributed by atoms with Gasteiger partial charge in [-0.2, -0.15) is 0 Å². The van der Waals surface area contributed by atoms with E-state index in [1.807, 2.05) is 11.4 Å². The van der Waals surface area contributed by atoms with Crippen LogP contribution in [-0.2, 0) is 0 Å². The highest BCUT2D eigenvalue weighted by Crippen LogP contribution is 2.35. The summed E-state index contributed by atoms with van der Waals surface area (Å²) in [5.41, 5.74) is 2.03. The smallest absolute Gasteiger partial charge is 0.257 e. The van der Waals surface area contributed by atoms with Gasteiger partial charge in [-0.1, -0.05) is 0 Å². The summed E-state index contributed by atoms with van der Waals surface area (Å²) >= 11 is 1.27. The van der Waals surface area contributed by atoms with Gasteiger partial charge in [-0.15, -0.1) is 11.3 Å². The molecule has 6 nitrogen and oxygen atoms in total. The summed E-state index contributed by atoms with van der Waals surface area (Å²) in [6.07, 6.45) is 0. The van der Waals surface area contributed by atoms with Crippen LogP contribution in [0, 0.1) is 5.82 Å². The number of aromatic nitrogens is 1. The highest BCUT2D eigenvalue weighted by Gasteiger charge is 2.15. The van der Waals surface area contributed by atoms with Crippen molar-refractivity contribution < 1.29 is 18.7 Å². The molecule has 3 rings (SSSR count). The molecule has 3 aromatic rings. The number of amides is 1. The number of methoxy groups -OCH3 is 2. The lowest BCUT2D eigenvalue weighted by Gasteiger charge is -2.13. The van der Waals surface area contributed by atoms with Gasteiger partial charge in [0.2, 0.25) is 0 Å². The third kappa shape index (κ3) is 4.07. The Balaban J connectivity index is 1.82. The van der Waals surface area contributed by atoms with Crippen molar-refractivity contribution in [3.8, 4) is 22.8 Å². The number of halogens is 1. The third-order valence-corrected chi connectivity index (χ3v) is 4.86. The van der Waals surface area contributed by atoms with E-state index in [1.54, 1.807) is 57.5 Å². The van der Waals surface area contributed by atoms with Crippen LogP contribution >= 0.6 is 11.3 Å². The molecule has 0 saturated carbocycles. The standard InChI is InChI=1S/C20H20FN3O3S/c1-24(2)17-7-5-12(9-15(17)21)19(25)23-20-22-16(11-28-20)14-10-13(26-3)6-8-18(14)27-4/h5-11H,1-4H3,(H,22,23,25). The number of carbonyl (C=O) groups is 1. The average molecular weight is 401 g/mol. The van der Waals surface area contributed by atoms with Crippen molar-refractivity contribution in [2.24, 2.45) is 0 Å². The fourth-order valence-corrected chi connectivity index (χ4v) is 3.35. The van der Waals surface area contributed by atoms with Crippen molar-refractivity contribution in [2.75, 3.05) is 38.5 Å². The molecule has 0 spiro atoms. The maximum atomic E-state index is 14.1. The summed E-state index contributed by atoms with van der Waals surface area (Å²) in [5, 5.41) is 4.92. The molecule has 0 unspecified atom stereocenters. The average Bonchev–Trinajstić information content (AvgIpc) is 3.15. The molecule has 0 fully saturated rings. The predicted molar refractivity (Wildman–Crippen MR) is 109 cm³/mol. The number of thiazole rings is 1. The van der Waals surface area contributed by atoms with E-state index in [-0.39, 0.29) is 5.56 Å². The quantitative estimate of drug-likeness (QED) is 0.668. The minimum atomic E-state index is -0.460. The molecule has 8 heteroatoms. The van der Waals surface area contributed by atoms with Crippen molar-refractivity contribution in [3.05, 3.63) is 53.2 Å². The van der Waals surface area contributed by atoms with Crippen LogP contribution in [-0.4, -0.2) is 39.2 Å². The molecule has 0 radical (unpaired) electrons. The van der Waals surface area contributed by atoms with Crippen molar-refractivity contribution >= 4 is 28.1 Å². The van der Waals surface area contributed by atoms with Crippen LogP contribution in [0.25, 0.3) is 11.3 Å². The van der Waals surface area contributed by atoms with Gasteiger partial charge in [0.25, 0.3) is 5.91 Å². The molecule has 146 valence electrons. The van der Waals surface area contributed by atoms with Crippen LogP contribution in [0.2, 0.25) is 0 Å². The van der Waals surface area contributed by atoms with Crippen LogP contribution < -0.4 is 19.7 Å². The second-order valence-electron chi connectivity index (χ2n) is 6.12. The van der Waals surface area contributed by atoms with Crippen molar-refractivity contribution in [1.82, 2.24) is 4.98 Å². The fraction of sp³-hybridized carbons (Fsp3) is 0.200. The van der Waals surface area contributed by atoms with E-state index in [0.29, 0.717) is 28.0 Å². The number of benzene rings is 2. The topological polar surface area (TPSA) is 63.7 Å². The molecule has 0 saturated heterocycles. The molecule has 1 amide bonds. The molecule has 1 N–H and O–H groups in total. The summed E-state index contributed by atoms with van der Waals surface area (Å²) < 4.78 is 24.8. The first kappa shape index (κ1) is 19.6. The highest BCUT2D eigenvalue weighted by atomic mass is 32.1. The summed E-state index contributed by atoms with van der Waals surface area (Å²) in [6, 6.07) is 9.76. The van der Waals surface area contributed by atoms with E-state index < -0.39 is 11.7 Å². The minimum Gasteiger partial charge on any atom is -0.497 e. The lowest BCUT2D eigenvalue weighted by molar-refractivity contribution is 0.102. The fourth-order valence-electron chi connectivity index (χ4n) is 2.65. The van der Waals surface area contributed by atoms with E-state index in [9.17, 15) is 9.18 Å². The summed E-state index contributed by atoms with van der Waals surface area (Å²) in [5.74, 6) is 0.428. The van der Waals surface area contributed by atoms with Crippen LogP contribution in [0.15, 0.2) is 41.8 Å². The van der Waals surface area contributed by atoms with Gasteiger partial charge in [0.1, 0.15) is 17.3 Å². The molecule has 1 aromatic heterocycles. The number of rotatable bonds is 6. The Morgan fingerprint density at radius 1 is 1.14 bits per heavy atom. The summed E-state index contributed by atoms with van der Waals surface area (Å²) in [6.45, 7) is 0. The molecule has 0 aliphatic heterocycles. The van der Waals surface area contributed by atoms with Crippen molar-refractivity contribution in [1.29, 1.82) is 0 Å². The van der Waals surface area contributed by atoms with Crippen LogP contribution in [0.5, 0.6) is 11.5 Å². The zero-order valence-corrected chi connectivity index (χ0v) is 16.8. The lowest BCUT2D eigenvalue weighted by Crippen LogP contribution is -2.14. The van der Waals surface area contributed by atoms with Gasteiger partial charge < -0.3 is 14.4 Å². The summed E-state index contributed by atoms with van der Waals surface area (Å²) in [4.78, 5) is 18.5. The Bertz CT molecular complexity index is 1000. The van der Waals surface area contributed by atoms with E-state index >= 15 is 0 Å². The molecule has 0 aliphatic carbocycles. The normalized spacial score (nSPS) is 10.5. The van der Waals surface area contributed by atoms with Gasteiger partial charge in [-0.3, -0.25) is 10.1 Å². The predicted octanol–water partition coefficient (Wildman–Crippen LogP) is 4.28. The van der Waals surface area contributed by atoms with Gasteiger partial charge in [0, 0.05) is 30.6 Å². The van der Waals surface area contributed by atoms with Crippen LogP contribution in [0.4, 0.5) is 15.2 Å². The molecule has 0 aliphatic rings. The minimum absolute atomic E-state index is 0.221. The number of hydrogen-bond acceptors (Lipinski definition) is 6. The second kappa shape index (κ2) is 8.26. The molecular weight excluding hydrogens is 381 g/mol. The van der Waals surface area contributed by atoms with Gasteiger partial charge in [0.15, 0.2) is 5.13 Å². The first-order valence-electron chi connectivity index (χ1n) is 8.39. The monoisotopic (exact) mass is 401 g/mol. The molecular formula is C20H20FN3O3S. The van der Waals surface area contributed by atoms with Gasteiger partial charge in [-0.05, 0) is 36.4 Å². The number of anilines is 2.